The second-order valence-electron chi connectivity index (χ2n) is 6.45. The molecule has 0 radical (unpaired) electrons. The number of hydrogen-bond acceptors (Lipinski definition) is 4. The van der Waals surface area contributed by atoms with Gasteiger partial charge in [0.05, 0.1) is 18.8 Å². The molecule has 0 saturated carbocycles. The summed E-state index contributed by atoms with van der Waals surface area (Å²) in [4.78, 5) is 9.28. The summed E-state index contributed by atoms with van der Waals surface area (Å²) in [6.07, 6.45) is 0. The molecule has 0 unspecified atom stereocenters. The molecule has 0 bridgehead atoms. The van der Waals surface area contributed by atoms with E-state index in [1.807, 2.05) is 32.9 Å². The van der Waals surface area contributed by atoms with Gasteiger partial charge in [-0.3, -0.25) is 0 Å². The zero-order valence-corrected chi connectivity index (χ0v) is 19.2. The van der Waals surface area contributed by atoms with Gasteiger partial charge in [0.1, 0.15) is 10.8 Å². The van der Waals surface area contributed by atoms with E-state index in [1.165, 1.54) is 0 Å². The summed E-state index contributed by atoms with van der Waals surface area (Å²) >= 11 is 1.67. The van der Waals surface area contributed by atoms with E-state index in [0.717, 1.165) is 39.9 Å². The normalized spacial score (nSPS) is 11.4. The largest absolute Gasteiger partial charge is 0.507 e. The third-order valence-corrected chi connectivity index (χ3v) is 4.75. The van der Waals surface area contributed by atoms with Gasteiger partial charge in [0, 0.05) is 11.9 Å². The molecule has 1 heterocycles. The van der Waals surface area contributed by atoms with Gasteiger partial charge in [-0.2, -0.15) is 0 Å². The highest BCUT2D eigenvalue weighted by Gasteiger charge is 2.07. The van der Waals surface area contributed by atoms with Gasteiger partial charge in [-0.1, -0.05) is 26.0 Å². The molecule has 0 aliphatic rings. The van der Waals surface area contributed by atoms with Crippen molar-refractivity contribution in [3.8, 4) is 5.75 Å². The molecular formula is C19H29IN4OS. The molecule has 144 valence electrons. The Morgan fingerprint density at radius 2 is 1.88 bits per heavy atom. The van der Waals surface area contributed by atoms with Crippen LogP contribution in [0.25, 0.3) is 0 Å². The Kier molecular flexibility index (Phi) is 9.35. The van der Waals surface area contributed by atoms with Crippen molar-refractivity contribution in [3.63, 3.8) is 0 Å². The molecule has 0 saturated heterocycles. The first-order valence-electron chi connectivity index (χ1n) is 8.66. The highest BCUT2D eigenvalue weighted by Crippen LogP contribution is 2.23. The van der Waals surface area contributed by atoms with Gasteiger partial charge in [-0.05, 0) is 43.4 Å². The molecule has 5 nitrogen and oxygen atoms in total. The highest BCUT2D eigenvalue weighted by atomic mass is 127. The first kappa shape index (κ1) is 22.7. The van der Waals surface area contributed by atoms with Crippen molar-refractivity contribution in [3.05, 3.63) is 44.9 Å². The average Bonchev–Trinajstić information content (AvgIpc) is 3.04. The van der Waals surface area contributed by atoms with Crippen molar-refractivity contribution in [1.29, 1.82) is 0 Å². The molecule has 3 N–H and O–H groups in total. The summed E-state index contributed by atoms with van der Waals surface area (Å²) in [5.41, 5.74) is 3.99. The predicted octanol–water partition coefficient (Wildman–Crippen LogP) is 4.46. The monoisotopic (exact) mass is 488 g/mol. The van der Waals surface area contributed by atoms with Gasteiger partial charge in [-0.15, -0.1) is 35.3 Å². The lowest BCUT2D eigenvalue weighted by Gasteiger charge is -2.11. The van der Waals surface area contributed by atoms with E-state index >= 15 is 0 Å². The van der Waals surface area contributed by atoms with Crippen LogP contribution in [-0.4, -0.2) is 22.6 Å². The minimum Gasteiger partial charge on any atom is -0.507 e. The van der Waals surface area contributed by atoms with Crippen molar-refractivity contribution in [2.45, 2.75) is 53.6 Å². The Bertz CT molecular complexity index is 720. The molecule has 1 aromatic carbocycles. The fourth-order valence-electron chi connectivity index (χ4n) is 2.48. The minimum absolute atomic E-state index is 0. The molecule has 2 rings (SSSR count). The number of aromatic nitrogens is 1. The Balaban J connectivity index is 0.00000338. The Morgan fingerprint density at radius 3 is 2.42 bits per heavy atom. The van der Waals surface area contributed by atoms with E-state index in [2.05, 4.69) is 39.8 Å². The van der Waals surface area contributed by atoms with Crippen LogP contribution in [0.2, 0.25) is 0 Å². The van der Waals surface area contributed by atoms with Gasteiger partial charge >= 0.3 is 0 Å². The Labute approximate surface area is 177 Å². The van der Waals surface area contributed by atoms with E-state index in [1.54, 1.807) is 11.3 Å². The molecule has 2 aromatic rings. The van der Waals surface area contributed by atoms with Crippen LogP contribution < -0.4 is 10.6 Å². The van der Waals surface area contributed by atoms with Gasteiger partial charge in [-0.25, -0.2) is 9.98 Å². The smallest absolute Gasteiger partial charge is 0.191 e. The van der Waals surface area contributed by atoms with Crippen LogP contribution in [0.3, 0.4) is 0 Å². The molecule has 1 aromatic heterocycles. The van der Waals surface area contributed by atoms with E-state index in [0.29, 0.717) is 24.8 Å². The lowest BCUT2D eigenvalue weighted by molar-refractivity contribution is 0.466. The first-order chi connectivity index (χ1) is 11.9. The van der Waals surface area contributed by atoms with Crippen molar-refractivity contribution >= 4 is 41.3 Å². The number of nitrogens with one attached hydrogen (secondary N) is 2. The zero-order valence-electron chi connectivity index (χ0n) is 16.1. The number of guanidine groups is 1. The Hall–Kier alpha value is -1.35. The lowest BCUT2D eigenvalue weighted by Crippen LogP contribution is -2.36. The van der Waals surface area contributed by atoms with Crippen LogP contribution in [-0.2, 0) is 13.1 Å². The maximum absolute atomic E-state index is 9.88. The second kappa shape index (κ2) is 10.7. The number of aromatic hydroxyl groups is 1. The van der Waals surface area contributed by atoms with Crippen LogP contribution >= 0.6 is 35.3 Å². The van der Waals surface area contributed by atoms with E-state index < -0.39 is 0 Å². The number of hydrogen-bond donors (Lipinski definition) is 3. The van der Waals surface area contributed by atoms with E-state index in [-0.39, 0.29) is 24.0 Å². The number of thiazole rings is 1. The van der Waals surface area contributed by atoms with Crippen LogP contribution in [0.1, 0.15) is 54.1 Å². The molecule has 0 atom stereocenters. The van der Waals surface area contributed by atoms with E-state index in [4.69, 9.17) is 0 Å². The molecule has 7 heteroatoms. The number of phenolic OH excluding ortho intramolecular Hbond substituents is 1. The molecule has 0 aliphatic carbocycles. The molecule has 0 amide bonds. The summed E-state index contributed by atoms with van der Waals surface area (Å²) in [5, 5.41) is 19.7. The summed E-state index contributed by atoms with van der Waals surface area (Å²) < 4.78 is 0. The number of phenols is 1. The second-order valence-corrected chi connectivity index (χ2v) is 7.39. The maximum Gasteiger partial charge on any atom is 0.191 e. The molecule has 0 spiro atoms. The van der Waals surface area contributed by atoms with Gasteiger partial charge in [0.15, 0.2) is 5.96 Å². The van der Waals surface area contributed by atoms with Gasteiger partial charge in [0.2, 0.25) is 0 Å². The summed E-state index contributed by atoms with van der Waals surface area (Å²) in [6, 6.07) is 3.95. The summed E-state index contributed by atoms with van der Waals surface area (Å²) in [6.45, 7) is 12.2. The molecular weight excluding hydrogens is 459 g/mol. The number of aliphatic imine (C=N–C) groups is 1. The maximum atomic E-state index is 9.88. The number of halogens is 1. The summed E-state index contributed by atoms with van der Waals surface area (Å²) in [7, 11) is 0. The number of aryl methyl sites for hydroxylation is 2. The lowest BCUT2D eigenvalue weighted by atomic mass is 10.1. The summed E-state index contributed by atoms with van der Waals surface area (Å²) in [5.74, 6) is 1.59. The third-order valence-electron chi connectivity index (χ3n) is 3.88. The molecule has 0 aliphatic heterocycles. The van der Waals surface area contributed by atoms with Crippen LogP contribution in [0.5, 0.6) is 5.75 Å². The van der Waals surface area contributed by atoms with Crippen molar-refractivity contribution in [1.82, 2.24) is 15.6 Å². The SMILES string of the molecule is CCNC(=NCc1cc(C)c(O)c(C)c1)NCc1nc(C(C)C)cs1.I. The minimum atomic E-state index is 0. The first-order valence-corrected chi connectivity index (χ1v) is 9.54. The number of rotatable bonds is 6. The van der Waals surface area contributed by atoms with Crippen LogP contribution in [0, 0.1) is 13.8 Å². The quantitative estimate of drug-likeness (QED) is 0.319. The zero-order chi connectivity index (χ0) is 18.4. The Morgan fingerprint density at radius 1 is 1.23 bits per heavy atom. The van der Waals surface area contributed by atoms with Crippen LogP contribution in [0.15, 0.2) is 22.5 Å². The predicted molar refractivity (Wildman–Crippen MR) is 121 cm³/mol. The van der Waals surface area contributed by atoms with Crippen molar-refractivity contribution in [2.24, 2.45) is 4.99 Å². The molecule has 26 heavy (non-hydrogen) atoms. The third kappa shape index (κ3) is 6.42. The highest BCUT2D eigenvalue weighted by molar-refractivity contribution is 14.0. The topological polar surface area (TPSA) is 69.5 Å². The van der Waals surface area contributed by atoms with Crippen LogP contribution in [0.4, 0.5) is 0 Å². The van der Waals surface area contributed by atoms with Gasteiger partial charge in [0.25, 0.3) is 0 Å². The number of nitrogens with zero attached hydrogens (tertiary/aromatic N) is 2. The molecule has 0 fully saturated rings. The van der Waals surface area contributed by atoms with E-state index in [9.17, 15) is 5.11 Å². The van der Waals surface area contributed by atoms with Crippen molar-refractivity contribution < 1.29 is 5.11 Å². The average molecular weight is 488 g/mol. The van der Waals surface area contributed by atoms with Crippen molar-refractivity contribution in [2.75, 3.05) is 6.54 Å². The standard InChI is InChI=1S/C19H28N4OS.HI/c1-6-20-19(22-10-17-23-16(11-25-17)12(2)3)21-9-15-7-13(4)18(24)14(5)8-15;/h7-8,11-12,24H,6,9-10H2,1-5H3,(H2,20,21,22);1H. The fourth-order valence-corrected chi connectivity index (χ4v) is 3.38. The number of benzene rings is 1. The fraction of sp³-hybridized carbons (Fsp3) is 0.474. The van der Waals surface area contributed by atoms with Gasteiger partial charge < -0.3 is 15.7 Å².